The Labute approximate surface area is 248 Å². The fourth-order valence-corrected chi connectivity index (χ4v) is 6.85. The van der Waals surface area contributed by atoms with Crippen LogP contribution in [0.5, 0.6) is 0 Å². The van der Waals surface area contributed by atoms with E-state index in [1.165, 1.54) is 24.6 Å². The van der Waals surface area contributed by atoms with Gasteiger partial charge in [-0.05, 0) is 95.4 Å². The third kappa shape index (κ3) is 9.01. The van der Waals surface area contributed by atoms with Crippen LogP contribution in [0.4, 0.5) is 16.2 Å². The third-order valence-corrected chi connectivity index (χ3v) is 9.22. The van der Waals surface area contributed by atoms with Gasteiger partial charge in [0.05, 0.1) is 5.25 Å². The standard InChI is InChI=1S/C29H46N8O3S/c1-3-37-27(39)24(41-28(37)25(30-2)26(38)34-20-21-10-13-31-14-11-21)12-15-32-22-6-8-23(9-7-22)35-29(40)33-16-19-36-17-4-5-18-36/h6-9,21,24,30-32H,3-5,10-20H2,1-2H3,(H,34,38)(H2,33,35,40)/b28-25+. The van der Waals surface area contributed by atoms with Gasteiger partial charge in [-0.1, -0.05) is 11.8 Å². The van der Waals surface area contributed by atoms with Crippen molar-refractivity contribution in [1.29, 1.82) is 0 Å². The molecule has 0 bridgehead atoms. The number of carbonyl (C=O) groups is 3. The van der Waals surface area contributed by atoms with Crippen LogP contribution in [0.15, 0.2) is 35.0 Å². The van der Waals surface area contributed by atoms with Crippen molar-refractivity contribution in [3.63, 3.8) is 0 Å². The molecule has 1 unspecified atom stereocenters. The lowest BCUT2D eigenvalue weighted by Crippen LogP contribution is -2.39. The third-order valence-electron chi connectivity index (χ3n) is 7.85. The lowest BCUT2D eigenvalue weighted by molar-refractivity contribution is -0.127. The highest BCUT2D eigenvalue weighted by atomic mass is 32.2. The van der Waals surface area contributed by atoms with Crippen LogP contribution in [0, 0.1) is 5.92 Å². The molecule has 3 saturated heterocycles. The Morgan fingerprint density at radius 3 is 2.41 bits per heavy atom. The van der Waals surface area contributed by atoms with Crippen LogP contribution >= 0.6 is 11.8 Å². The van der Waals surface area contributed by atoms with E-state index in [2.05, 4.69) is 36.8 Å². The van der Waals surface area contributed by atoms with Gasteiger partial charge in [0, 0.05) is 51.1 Å². The summed E-state index contributed by atoms with van der Waals surface area (Å²) in [7, 11) is 1.73. The van der Waals surface area contributed by atoms with Crippen molar-refractivity contribution in [3.8, 4) is 0 Å². The van der Waals surface area contributed by atoms with Gasteiger partial charge in [-0.3, -0.25) is 9.59 Å². The zero-order valence-corrected chi connectivity index (χ0v) is 25.2. The molecular weight excluding hydrogens is 540 g/mol. The number of benzene rings is 1. The van der Waals surface area contributed by atoms with Gasteiger partial charge in [0.1, 0.15) is 10.7 Å². The first-order valence-corrected chi connectivity index (χ1v) is 15.9. The van der Waals surface area contributed by atoms with Crippen molar-refractivity contribution in [2.45, 2.75) is 44.3 Å². The van der Waals surface area contributed by atoms with Gasteiger partial charge in [0.2, 0.25) is 5.91 Å². The second-order valence-electron chi connectivity index (χ2n) is 10.7. The Kier molecular flexibility index (Phi) is 12.0. The Bertz CT molecular complexity index is 1050. The summed E-state index contributed by atoms with van der Waals surface area (Å²) in [6, 6.07) is 7.35. The van der Waals surface area contributed by atoms with E-state index in [1.54, 1.807) is 11.9 Å². The molecule has 6 N–H and O–H groups in total. The average molecular weight is 587 g/mol. The summed E-state index contributed by atoms with van der Waals surface area (Å²) in [4.78, 5) is 42.5. The van der Waals surface area contributed by atoms with Crippen LogP contribution in [0.1, 0.15) is 39.0 Å². The number of carbonyl (C=O) groups excluding carboxylic acids is 3. The maximum Gasteiger partial charge on any atom is 0.319 e. The first-order chi connectivity index (χ1) is 20.0. The number of hydrogen-bond donors (Lipinski definition) is 6. The lowest BCUT2D eigenvalue weighted by Gasteiger charge is -2.23. The summed E-state index contributed by atoms with van der Waals surface area (Å²) in [5, 5.41) is 19.1. The van der Waals surface area contributed by atoms with E-state index < -0.39 is 0 Å². The van der Waals surface area contributed by atoms with E-state index in [0.29, 0.717) is 49.2 Å². The van der Waals surface area contributed by atoms with Crippen molar-refractivity contribution in [3.05, 3.63) is 35.0 Å². The van der Waals surface area contributed by atoms with Gasteiger partial charge in [-0.15, -0.1) is 0 Å². The van der Waals surface area contributed by atoms with E-state index in [-0.39, 0.29) is 23.1 Å². The summed E-state index contributed by atoms with van der Waals surface area (Å²) < 4.78 is 0. The Hall–Kier alpha value is -2.96. The molecule has 1 aromatic rings. The predicted molar refractivity (Wildman–Crippen MR) is 166 cm³/mol. The van der Waals surface area contributed by atoms with Gasteiger partial charge >= 0.3 is 6.03 Å². The van der Waals surface area contributed by atoms with Gasteiger partial charge < -0.3 is 41.7 Å². The van der Waals surface area contributed by atoms with Crippen molar-refractivity contribution in [2.24, 2.45) is 5.92 Å². The number of piperidine rings is 1. The van der Waals surface area contributed by atoms with Crippen LogP contribution < -0.4 is 31.9 Å². The molecule has 4 amide bonds. The number of hydrogen-bond acceptors (Lipinski definition) is 8. The number of anilines is 2. The van der Waals surface area contributed by atoms with Crippen LogP contribution in [-0.2, 0) is 9.59 Å². The molecule has 0 spiro atoms. The van der Waals surface area contributed by atoms with E-state index >= 15 is 0 Å². The van der Waals surface area contributed by atoms with Crippen LogP contribution in [0.2, 0.25) is 0 Å². The number of nitrogens with one attached hydrogen (secondary N) is 6. The average Bonchev–Trinajstić information content (AvgIpc) is 3.61. The highest BCUT2D eigenvalue weighted by Gasteiger charge is 2.38. The molecule has 12 heteroatoms. The number of likely N-dealkylation sites (tertiary alicyclic amines) is 1. The molecule has 0 aromatic heterocycles. The largest absolute Gasteiger partial charge is 0.385 e. The quantitative estimate of drug-likeness (QED) is 0.194. The smallest absolute Gasteiger partial charge is 0.319 e. The number of urea groups is 1. The fourth-order valence-electron chi connectivity index (χ4n) is 5.46. The van der Waals surface area contributed by atoms with E-state index in [0.717, 1.165) is 56.9 Å². The van der Waals surface area contributed by atoms with Gasteiger partial charge in [-0.25, -0.2) is 4.79 Å². The molecule has 3 aliphatic rings. The summed E-state index contributed by atoms with van der Waals surface area (Å²) in [5.41, 5.74) is 2.09. The van der Waals surface area contributed by atoms with Crippen molar-refractivity contribution >= 4 is 41.0 Å². The number of rotatable bonds is 13. The van der Waals surface area contributed by atoms with Crippen molar-refractivity contribution in [1.82, 2.24) is 31.1 Å². The van der Waals surface area contributed by atoms with Gasteiger partial charge in [-0.2, -0.15) is 0 Å². The lowest BCUT2D eigenvalue weighted by atomic mass is 9.98. The van der Waals surface area contributed by atoms with E-state index in [9.17, 15) is 14.4 Å². The second-order valence-corrected chi connectivity index (χ2v) is 11.9. The Balaban J connectivity index is 1.22. The molecular formula is C29H46N8O3S. The molecule has 1 aromatic carbocycles. The molecule has 3 heterocycles. The number of thioether (sulfide) groups is 1. The number of nitrogens with zero attached hydrogens (tertiary/aromatic N) is 2. The fraction of sp³-hybridized carbons (Fsp3) is 0.621. The van der Waals surface area contributed by atoms with Crippen LogP contribution in [0.3, 0.4) is 0 Å². The zero-order chi connectivity index (χ0) is 29.0. The van der Waals surface area contributed by atoms with E-state index in [1.807, 2.05) is 31.2 Å². The number of likely N-dealkylation sites (N-methyl/N-ethyl adjacent to an activating group) is 1. The molecule has 41 heavy (non-hydrogen) atoms. The SMILES string of the molecule is CCN1C(=O)C(CCNc2ccc(NC(=O)NCCN3CCCC3)cc2)S/C1=C(/NC)C(=O)NCC1CCNCC1. The normalized spacial score (nSPS) is 21.1. The molecule has 226 valence electrons. The Morgan fingerprint density at radius 1 is 1.02 bits per heavy atom. The molecule has 3 fully saturated rings. The van der Waals surface area contributed by atoms with Crippen molar-refractivity contribution in [2.75, 3.05) is 76.6 Å². The zero-order valence-electron chi connectivity index (χ0n) is 24.4. The highest BCUT2D eigenvalue weighted by Crippen LogP contribution is 2.38. The Morgan fingerprint density at radius 2 is 1.73 bits per heavy atom. The van der Waals surface area contributed by atoms with Gasteiger partial charge in [0.15, 0.2) is 0 Å². The van der Waals surface area contributed by atoms with Crippen LogP contribution in [0.25, 0.3) is 0 Å². The predicted octanol–water partition coefficient (Wildman–Crippen LogP) is 2.17. The minimum absolute atomic E-state index is 0.0310. The molecule has 4 rings (SSSR count). The first kappa shape index (κ1) is 31.0. The monoisotopic (exact) mass is 586 g/mol. The van der Waals surface area contributed by atoms with E-state index in [4.69, 9.17) is 0 Å². The summed E-state index contributed by atoms with van der Waals surface area (Å²) >= 11 is 1.46. The molecule has 11 nitrogen and oxygen atoms in total. The summed E-state index contributed by atoms with van der Waals surface area (Å²) in [5.74, 6) is 0.352. The minimum Gasteiger partial charge on any atom is -0.385 e. The van der Waals surface area contributed by atoms with Crippen LogP contribution in [-0.4, -0.2) is 98.8 Å². The minimum atomic E-state index is -0.261. The second kappa shape index (κ2) is 15.9. The van der Waals surface area contributed by atoms with Gasteiger partial charge in [0.25, 0.3) is 5.91 Å². The molecule has 0 saturated carbocycles. The topological polar surface area (TPSA) is 130 Å². The molecule has 0 aliphatic carbocycles. The summed E-state index contributed by atoms with van der Waals surface area (Å²) in [6.07, 6.45) is 5.22. The molecule has 3 aliphatic heterocycles. The maximum absolute atomic E-state index is 13.2. The summed E-state index contributed by atoms with van der Waals surface area (Å²) in [6.45, 7) is 9.43. The number of amides is 4. The molecule has 1 atom stereocenters. The first-order valence-electron chi connectivity index (χ1n) is 15.0. The van der Waals surface area contributed by atoms with Crippen molar-refractivity contribution < 1.29 is 14.4 Å². The maximum atomic E-state index is 13.2. The highest BCUT2D eigenvalue weighted by molar-refractivity contribution is 8.04. The molecule has 0 radical (unpaired) electrons.